The summed E-state index contributed by atoms with van der Waals surface area (Å²) >= 11 is 0. The Balaban J connectivity index is 1.49. The number of benzene rings is 1. The van der Waals surface area contributed by atoms with Crippen molar-refractivity contribution in [1.82, 2.24) is 15.1 Å². The molecule has 2 heterocycles. The molecular formula is C19H27N3O3. The fourth-order valence-electron chi connectivity index (χ4n) is 3.74. The fourth-order valence-corrected chi connectivity index (χ4v) is 3.74. The molecule has 0 atom stereocenters. The lowest BCUT2D eigenvalue weighted by Crippen LogP contribution is -2.61. The highest BCUT2D eigenvalue weighted by Gasteiger charge is 2.45. The van der Waals surface area contributed by atoms with Crippen LogP contribution in [-0.4, -0.2) is 67.0 Å². The second-order valence-corrected chi connectivity index (χ2v) is 6.85. The molecular weight excluding hydrogens is 318 g/mol. The maximum atomic E-state index is 12.5. The van der Waals surface area contributed by atoms with Gasteiger partial charge in [0.25, 0.3) is 0 Å². The number of likely N-dealkylation sites (N-methyl/N-ethyl adjacent to an activating group) is 1. The summed E-state index contributed by atoms with van der Waals surface area (Å²) in [7, 11) is 2.02. The predicted molar refractivity (Wildman–Crippen MR) is 95.4 cm³/mol. The summed E-state index contributed by atoms with van der Waals surface area (Å²) in [6.45, 7) is 3.29. The molecule has 2 fully saturated rings. The molecule has 0 aromatic heterocycles. The first-order valence-electron chi connectivity index (χ1n) is 9.07. The first kappa shape index (κ1) is 17.7. The minimum absolute atomic E-state index is 0.0995. The van der Waals surface area contributed by atoms with Crippen molar-refractivity contribution < 1.29 is 14.3 Å². The highest BCUT2D eigenvalue weighted by Crippen LogP contribution is 2.30. The number of nitrogens with one attached hydrogen (secondary N) is 1. The molecule has 0 aliphatic carbocycles. The molecule has 0 radical (unpaired) electrons. The van der Waals surface area contributed by atoms with Crippen LogP contribution in [0.1, 0.15) is 25.7 Å². The van der Waals surface area contributed by atoms with Crippen molar-refractivity contribution in [1.29, 1.82) is 0 Å². The predicted octanol–water partition coefficient (Wildman–Crippen LogP) is 1.27. The topological polar surface area (TPSA) is 61.9 Å². The number of para-hydroxylation sites is 1. The smallest absolute Gasteiger partial charge is 0.240 e. The maximum absolute atomic E-state index is 12.5. The number of ether oxygens (including phenoxy) is 1. The van der Waals surface area contributed by atoms with E-state index in [1.54, 1.807) is 0 Å². The summed E-state index contributed by atoms with van der Waals surface area (Å²) in [5.41, 5.74) is -0.451. The van der Waals surface area contributed by atoms with Crippen LogP contribution < -0.4 is 10.1 Å². The summed E-state index contributed by atoms with van der Waals surface area (Å²) in [6, 6.07) is 9.53. The average Bonchev–Trinajstić information content (AvgIpc) is 2.77. The summed E-state index contributed by atoms with van der Waals surface area (Å²) in [5.74, 6) is 0.999. The van der Waals surface area contributed by atoms with Crippen LogP contribution in [0, 0.1) is 0 Å². The van der Waals surface area contributed by atoms with Gasteiger partial charge in [-0.3, -0.25) is 14.5 Å². The molecule has 1 aromatic rings. The zero-order chi connectivity index (χ0) is 17.7. The Morgan fingerprint density at radius 2 is 1.92 bits per heavy atom. The maximum Gasteiger partial charge on any atom is 0.240 e. The molecule has 3 rings (SSSR count). The van der Waals surface area contributed by atoms with E-state index in [0.29, 0.717) is 39.0 Å². The molecule has 25 heavy (non-hydrogen) atoms. The summed E-state index contributed by atoms with van der Waals surface area (Å²) in [6.07, 6.45) is 2.73. The number of rotatable bonds is 4. The Morgan fingerprint density at radius 1 is 1.20 bits per heavy atom. The van der Waals surface area contributed by atoms with Crippen molar-refractivity contribution in [2.45, 2.75) is 31.2 Å². The van der Waals surface area contributed by atoms with Crippen molar-refractivity contribution in [2.24, 2.45) is 0 Å². The SMILES string of the molecule is CN1CCCNC(=O)C12CCN(C(=O)CCOc1ccccc1)CC2. The van der Waals surface area contributed by atoms with E-state index in [9.17, 15) is 9.59 Å². The van der Waals surface area contributed by atoms with Crippen molar-refractivity contribution in [2.75, 3.05) is 39.8 Å². The molecule has 2 aliphatic rings. The lowest BCUT2D eigenvalue weighted by atomic mass is 9.85. The van der Waals surface area contributed by atoms with E-state index in [-0.39, 0.29) is 11.8 Å². The van der Waals surface area contributed by atoms with Gasteiger partial charge in [0.1, 0.15) is 11.3 Å². The van der Waals surface area contributed by atoms with E-state index < -0.39 is 5.54 Å². The number of amides is 2. The van der Waals surface area contributed by atoms with Crippen molar-refractivity contribution >= 4 is 11.8 Å². The van der Waals surface area contributed by atoms with Gasteiger partial charge in [0.2, 0.25) is 11.8 Å². The van der Waals surface area contributed by atoms with Crippen LogP contribution >= 0.6 is 0 Å². The number of hydrogen-bond donors (Lipinski definition) is 1. The van der Waals surface area contributed by atoms with Crippen LogP contribution in [0.25, 0.3) is 0 Å². The average molecular weight is 345 g/mol. The van der Waals surface area contributed by atoms with Crippen molar-refractivity contribution in [3.63, 3.8) is 0 Å². The minimum Gasteiger partial charge on any atom is -0.493 e. The Hall–Kier alpha value is -2.08. The van der Waals surface area contributed by atoms with E-state index >= 15 is 0 Å². The van der Waals surface area contributed by atoms with Gasteiger partial charge >= 0.3 is 0 Å². The van der Waals surface area contributed by atoms with Gasteiger partial charge in [-0.15, -0.1) is 0 Å². The first-order valence-corrected chi connectivity index (χ1v) is 9.07. The van der Waals surface area contributed by atoms with Gasteiger partial charge in [-0.05, 0) is 38.4 Å². The Kier molecular flexibility index (Phi) is 5.58. The van der Waals surface area contributed by atoms with Gasteiger partial charge in [-0.25, -0.2) is 0 Å². The van der Waals surface area contributed by atoms with Gasteiger partial charge in [-0.2, -0.15) is 0 Å². The van der Waals surface area contributed by atoms with Crippen LogP contribution in [0.5, 0.6) is 5.75 Å². The summed E-state index contributed by atoms with van der Waals surface area (Å²) in [5, 5.41) is 3.03. The number of piperidine rings is 1. The molecule has 2 saturated heterocycles. The first-order chi connectivity index (χ1) is 12.1. The van der Waals surface area contributed by atoms with Gasteiger partial charge in [0.15, 0.2) is 0 Å². The molecule has 136 valence electrons. The van der Waals surface area contributed by atoms with Gasteiger partial charge in [0, 0.05) is 26.2 Å². The van der Waals surface area contributed by atoms with Gasteiger partial charge < -0.3 is 15.0 Å². The van der Waals surface area contributed by atoms with Gasteiger partial charge in [-0.1, -0.05) is 18.2 Å². The zero-order valence-electron chi connectivity index (χ0n) is 14.9. The van der Waals surface area contributed by atoms with Crippen LogP contribution in [0.3, 0.4) is 0 Å². The quantitative estimate of drug-likeness (QED) is 0.893. The Bertz CT molecular complexity index is 597. The highest BCUT2D eigenvalue weighted by atomic mass is 16.5. The third-order valence-corrected chi connectivity index (χ3v) is 5.38. The number of nitrogens with zero attached hydrogens (tertiary/aromatic N) is 2. The Morgan fingerprint density at radius 3 is 2.64 bits per heavy atom. The third-order valence-electron chi connectivity index (χ3n) is 5.38. The fraction of sp³-hybridized carbons (Fsp3) is 0.579. The molecule has 1 aromatic carbocycles. The highest BCUT2D eigenvalue weighted by molar-refractivity contribution is 5.87. The third kappa shape index (κ3) is 3.95. The molecule has 1 spiro atoms. The van der Waals surface area contributed by atoms with E-state index in [1.807, 2.05) is 42.3 Å². The molecule has 2 amide bonds. The number of hydrogen-bond acceptors (Lipinski definition) is 4. The standard InChI is InChI=1S/C19H27N3O3/c1-21-12-5-11-20-18(24)19(21)9-13-22(14-10-19)17(23)8-15-25-16-6-3-2-4-7-16/h2-4,6-7H,5,8-15H2,1H3,(H,20,24). The van der Waals surface area contributed by atoms with E-state index in [2.05, 4.69) is 10.2 Å². The summed E-state index contributed by atoms with van der Waals surface area (Å²) in [4.78, 5) is 29.0. The van der Waals surface area contributed by atoms with Crippen LogP contribution in [0.2, 0.25) is 0 Å². The van der Waals surface area contributed by atoms with E-state index in [0.717, 1.165) is 25.3 Å². The molecule has 0 saturated carbocycles. The molecule has 6 heteroatoms. The Labute approximate surface area is 149 Å². The molecule has 6 nitrogen and oxygen atoms in total. The lowest BCUT2D eigenvalue weighted by molar-refractivity contribution is -0.141. The number of carbonyl (C=O) groups is 2. The largest absolute Gasteiger partial charge is 0.493 e. The molecule has 1 N–H and O–H groups in total. The molecule has 2 aliphatic heterocycles. The lowest BCUT2D eigenvalue weighted by Gasteiger charge is -2.45. The number of carbonyl (C=O) groups excluding carboxylic acids is 2. The van der Waals surface area contributed by atoms with Crippen LogP contribution in [0.15, 0.2) is 30.3 Å². The van der Waals surface area contributed by atoms with E-state index in [4.69, 9.17) is 4.74 Å². The van der Waals surface area contributed by atoms with Crippen molar-refractivity contribution in [3.05, 3.63) is 30.3 Å². The normalized spacial score (nSPS) is 20.8. The molecule has 0 bridgehead atoms. The van der Waals surface area contributed by atoms with Crippen LogP contribution in [0.4, 0.5) is 0 Å². The summed E-state index contributed by atoms with van der Waals surface area (Å²) < 4.78 is 5.61. The van der Waals surface area contributed by atoms with Gasteiger partial charge in [0.05, 0.1) is 13.0 Å². The van der Waals surface area contributed by atoms with Crippen molar-refractivity contribution in [3.8, 4) is 5.75 Å². The van der Waals surface area contributed by atoms with Crippen LogP contribution in [-0.2, 0) is 9.59 Å². The zero-order valence-corrected chi connectivity index (χ0v) is 14.9. The monoisotopic (exact) mass is 345 g/mol. The van der Waals surface area contributed by atoms with E-state index in [1.165, 1.54) is 0 Å². The second kappa shape index (κ2) is 7.87. The molecule has 0 unspecified atom stereocenters. The number of likely N-dealkylation sites (tertiary alicyclic amines) is 1. The minimum atomic E-state index is -0.451. The second-order valence-electron chi connectivity index (χ2n) is 6.85.